The minimum atomic E-state index is -1.14. The standard InChI is InChI=1S/C23H36O7.Na/c1-13-14(9-7-5-6-8-10-19(26)27)20-15(11-16(13)24)21(28)17(25)12-18(20)30-22(29)23(2,3)4;/h11,13-14,17-18,20,24-25,28H,5-10,12H2,1-4H3,(H,26,27);/q;+1/p-1/t13-,14+,17-,18-,20+;/m0./s1. The zero-order chi connectivity index (χ0) is 22.6. The van der Waals surface area contributed by atoms with Crippen LogP contribution in [0.3, 0.4) is 0 Å². The van der Waals surface area contributed by atoms with Gasteiger partial charge in [0.25, 0.3) is 0 Å². The first-order valence-corrected chi connectivity index (χ1v) is 10.9. The van der Waals surface area contributed by atoms with E-state index in [1.165, 1.54) is 6.08 Å². The Bertz CT molecular complexity index is 707. The van der Waals surface area contributed by atoms with Crippen molar-refractivity contribution in [3.05, 3.63) is 23.2 Å². The smallest absolute Gasteiger partial charge is 0.550 e. The van der Waals surface area contributed by atoms with Crippen molar-refractivity contribution < 1.29 is 64.3 Å². The van der Waals surface area contributed by atoms with E-state index >= 15 is 0 Å². The molecule has 0 aromatic carbocycles. The number of carbonyl (C=O) groups is 2. The van der Waals surface area contributed by atoms with Gasteiger partial charge in [-0.2, -0.15) is 0 Å². The average Bonchev–Trinajstić information content (AvgIpc) is 2.64. The minimum Gasteiger partial charge on any atom is -0.550 e. The van der Waals surface area contributed by atoms with Gasteiger partial charge in [0, 0.05) is 29.8 Å². The molecule has 0 aliphatic heterocycles. The second-order valence-electron chi connectivity index (χ2n) is 9.66. The summed E-state index contributed by atoms with van der Waals surface area (Å²) in [5.41, 5.74) is -0.251. The first-order valence-electron chi connectivity index (χ1n) is 10.9. The maximum Gasteiger partial charge on any atom is 1.00 e. The predicted molar refractivity (Wildman–Crippen MR) is 109 cm³/mol. The first-order chi connectivity index (χ1) is 13.9. The molecule has 0 amide bonds. The molecule has 0 radical (unpaired) electrons. The molecule has 0 heterocycles. The Kier molecular flexibility index (Phi) is 10.6. The van der Waals surface area contributed by atoms with Gasteiger partial charge in [-0.05, 0) is 52.0 Å². The van der Waals surface area contributed by atoms with E-state index in [9.17, 15) is 30.0 Å². The van der Waals surface area contributed by atoms with Crippen molar-refractivity contribution in [3.8, 4) is 0 Å². The summed E-state index contributed by atoms with van der Waals surface area (Å²) in [6.45, 7) is 7.21. The van der Waals surface area contributed by atoms with Gasteiger partial charge in [0.2, 0.25) is 0 Å². The van der Waals surface area contributed by atoms with Crippen molar-refractivity contribution >= 4 is 11.9 Å². The molecule has 5 atom stereocenters. The summed E-state index contributed by atoms with van der Waals surface area (Å²) in [5.74, 6) is -1.99. The molecule has 2 rings (SSSR count). The molecule has 0 aromatic rings. The molecule has 0 saturated carbocycles. The van der Waals surface area contributed by atoms with Gasteiger partial charge in [-0.25, -0.2) is 0 Å². The van der Waals surface area contributed by atoms with Crippen LogP contribution in [0.2, 0.25) is 0 Å². The summed E-state index contributed by atoms with van der Waals surface area (Å²) in [6.07, 6.45) is 3.67. The van der Waals surface area contributed by atoms with E-state index < -0.39 is 23.6 Å². The maximum atomic E-state index is 12.5. The maximum absolute atomic E-state index is 12.5. The number of unbranched alkanes of at least 4 members (excludes halogenated alkanes) is 3. The fraction of sp³-hybridized carbons (Fsp3) is 0.739. The zero-order valence-electron chi connectivity index (χ0n) is 19.4. The second-order valence-corrected chi connectivity index (χ2v) is 9.66. The number of aliphatic carboxylic acids is 1. The largest absolute Gasteiger partial charge is 1.00 e. The predicted octanol–water partition coefficient (Wildman–Crippen LogP) is -0.0605. The van der Waals surface area contributed by atoms with Crippen LogP contribution in [0.1, 0.15) is 72.6 Å². The third-order valence-corrected chi connectivity index (χ3v) is 6.24. The van der Waals surface area contributed by atoms with Crippen molar-refractivity contribution in [1.82, 2.24) is 0 Å². The topological polar surface area (TPSA) is 127 Å². The Morgan fingerprint density at radius 3 is 2.35 bits per heavy atom. The second kappa shape index (κ2) is 11.7. The summed E-state index contributed by atoms with van der Waals surface area (Å²) in [7, 11) is 0. The van der Waals surface area contributed by atoms with Gasteiger partial charge < -0.3 is 30.0 Å². The van der Waals surface area contributed by atoms with Gasteiger partial charge in [0.05, 0.1) is 11.2 Å². The Balaban J connectivity index is 0.00000480. The number of ether oxygens (including phenoxy) is 1. The molecule has 0 aromatic heterocycles. The fourth-order valence-electron chi connectivity index (χ4n) is 4.41. The minimum absolute atomic E-state index is 0. The molecule has 0 spiro atoms. The fourth-order valence-corrected chi connectivity index (χ4v) is 4.41. The van der Waals surface area contributed by atoms with Crippen molar-refractivity contribution in [1.29, 1.82) is 0 Å². The molecular weight excluding hydrogens is 411 g/mol. The Labute approximate surface area is 206 Å². The van der Waals surface area contributed by atoms with Crippen LogP contribution in [0.4, 0.5) is 0 Å². The van der Waals surface area contributed by atoms with Crippen molar-refractivity contribution in [3.63, 3.8) is 0 Å². The van der Waals surface area contributed by atoms with E-state index in [1.807, 2.05) is 6.92 Å². The van der Waals surface area contributed by atoms with E-state index in [1.54, 1.807) is 20.8 Å². The van der Waals surface area contributed by atoms with Crippen molar-refractivity contribution in [2.75, 3.05) is 0 Å². The molecule has 3 N–H and O–H groups in total. The van der Waals surface area contributed by atoms with Gasteiger partial charge in [0.15, 0.2) is 0 Å². The van der Waals surface area contributed by atoms with Crippen LogP contribution in [0, 0.1) is 23.2 Å². The number of carboxylic acids is 1. The van der Waals surface area contributed by atoms with E-state index in [0.717, 1.165) is 25.7 Å². The summed E-state index contributed by atoms with van der Waals surface area (Å²) < 4.78 is 5.80. The van der Waals surface area contributed by atoms with Gasteiger partial charge in [-0.15, -0.1) is 0 Å². The number of carbonyl (C=O) groups excluding carboxylic acids is 2. The van der Waals surface area contributed by atoms with E-state index in [-0.39, 0.29) is 77.6 Å². The van der Waals surface area contributed by atoms with Gasteiger partial charge in [0.1, 0.15) is 18.0 Å². The molecule has 7 nitrogen and oxygen atoms in total. The number of rotatable bonds is 8. The molecular formula is C23H35NaO7. The SMILES string of the molecule is C[C@@H]1C(O)=CC2=C(O)[C@@H](O)C[C@H](OC(=O)C(C)(C)C)[C@@H]2[C@@H]1CCCCCCC(=O)[O-].[Na+]. The molecule has 0 unspecified atom stereocenters. The zero-order valence-corrected chi connectivity index (χ0v) is 21.4. The van der Waals surface area contributed by atoms with Crippen LogP contribution < -0.4 is 34.7 Å². The molecule has 2 aliphatic rings. The average molecular weight is 447 g/mol. The van der Waals surface area contributed by atoms with Crippen LogP contribution in [0.15, 0.2) is 23.2 Å². The molecule has 0 bridgehead atoms. The van der Waals surface area contributed by atoms with E-state index in [4.69, 9.17) is 4.74 Å². The summed E-state index contributed by atoms with van der Waals surface area (Å²) in [6, 6.07) is 0. The third-order valence-electron chi connectivity index (χ3n) is 6.24. The monoisotopic (exact) mass is 446 g/mol. The Morgan fingerprint density at radius 1 is 1.16 bits per heavy atom. The normalized spacial score (nSPS) is 28.3. The molecule has 170 valence electrons. The van der Waals surface area contributed by atoms with Crippen molar-refractivity contribution in [2.24, 2.45) is 23.2 Å². The van der Waals surface area contributed by atoms with Crippen LogP contribution in [-0.2, 0) is 14.3 Å². The Hall–Kier alpha value is -1.02. The molecule has 0 fully saturated rings. The molecule has 8 heteroatoms. The number of aliphatic hydroxyl groups is 3. The molecule has 31 heavy (non-hydrogen) atoms. The first kappa shape index (κ1) is 28.0. The quantitative estimate of drug-likeness (QED) is 0.271. The number of aliphatic hydroxyl groups excluding tert-OH is 3. The van der Waals surface area contributed by atoms with E-state index in [0.29, 0.717) is 12.0 Å². The van der Waals surface area contributed by atoms with Crippen LogP contribution in [-0.4, -0.2) is 39.5 Å². The number of allylic oxidation sites excluding steroid dienone is 2. The summed E-state index contributed by atoms with van der Waals surface area (Å²) >= 11 is 0. The number of esters is 1. The van der Waals surface area contributed by atoms with Crippen molar-refractivity contribution in [2.45, 2.75) is 84.8 Å². The number of carboxylic acid groups (broad SMARTS) is 1. The number of hydrogen-bond donors (Lipinski definition) is 3. The van der Waals surface area contributed by atoms with Gasteiger partial charge in [-0.1, -0.05) is 26.2 Å². The Morgan fingerprint density at radius 2 is 1.77 bits per heavy atom. The van der Waals surface area contributed by atoms with Crippen LogP contribution in [0.25, 0.3) is 0 Å². The molecule has 0 saturated heterocycles. The third kappa shape index (κ3) is 7.24. The number of hydrogen-bond acceptors (Lipinski definition) is 7. The summed E-state index contributed by atoms with van der Waals surface area (Å²) in [4.78, 5) is 23.1. The van der Waals surface area contributed by atoms with Gasteiger partial charge in [-0.3, -0.25) is 4.79 Å². The van der Waals surface area contributed by atoms with Gasteiger partial charge >= 0.3 is 35.5 Å². The number of fused-ring (bicyclic) bond motifs is 1. The summed E-state index contributed by atoms with van der Waals surface area (Å²) in [5, 5.41) is 41.7. The van der Waals surface area contributed by atoms with Crippen LogP contribution in [0.5, 0.6) is 0 Å². The van der Waals surface area contributed by atoms with Crippen LogP contribution >= 0.6 is 0 Å². The molecule has 2 aliphatic carbocycles. The van der Waals surface area contributed by atoms with E-state index in [2.05, 4.69) is 0 Å².